The third kappa shape index (κ3) is 3.67. The van der Waals surface area contributed by atoms with Crippen molar-refractivity contribution in [1.82, 2.24) is 0 Å². The number of anilines is 1. The van der Waals surface area contributed by atoms with Crippen LogP contribution in [0.5, 0.6) is 17.2 Å². The van der Waals surface area contributed by atoms with Crippen molar-refractivity contribution in [2.75, 3.05) is 12.4 Å². The number of phenolic OH excluding ortho intramolecular Hbond substituents is 1. The Morgan fingerprint density at radius 1 is 1.00 bits per heavy atom. The van der Waals surface area contributed by atoms with E-state index in [-0.39, 0.29) is 11.3 Å². The summed E-state index contributed by atoms with van der Waals surface area (Å²) in [6.07, 6.45) is 4.35. The summed E-state index contributed by atoms with van der Waals surface area (Å²) >= 11 is 1.69. The van der Waals surface area contributed by atoms with Crippen LogP contribution in [0.3, 0.4) is 0 Å². The normalized spacial score (nSPS) is 16.2. The number of phenols is 1. The SMILES string of the molecule is COc1c(O)ccc2c1-c1ccc3c(c1/C(=C/c1cccc(-c4ccsc4)c1)O2)C(C)=CC(C)(C)N3. The monoisotopic (exact) mass is 493 g/mol. The fourth-order valence-corrected chi connectivity index (χ4v) is 6.00. The zero-order chi connectivity index (χ0) is 25.0. The van der Waals surface area contributed by atoms with Gasteiger partial charge in [0.15, 0.2) is 11.5 Å². The van der Waals surface area contributed by atoms with E-state index < -0.39 is 0 Å². The molecular weight excluding hydrogens is 466 g/mol. The highest BCUT2D eigenvalue weighted by molar-refractivity contribution is 7.08. The molecular formula is C31H27NO3S. The minimum atomic E-state index is -0.159. The number of methoxy groups -OCH3 is 1. The zero-order valence-corrected chi connectivity index (χ0v) is 21.5. The molecule has 0 unspecified atom stereocenters. The Morgan fingerprint density at radius 3 is 2.64 bits per heavy atom. The van der Waals surface area contributed by atoms with Crippen molar-refractivity contribution in [3.05, 3.63) is 88.1 Å². The van der Waals surface area contributed by atoms with Gasteiger partial charge in [-0.25, -0.2) is 0 Å². The van der Waals surface area contributed by atoms with Gasteiger partial charge in [0.2, 0.25) is 0 Å². The molecule has 0 atom stereocenters. The standard InChI is InChI=1S/C31H27NO3S/c1-18-16-31(2,3)32-23-9-8-22-28(27(18)23)26(35-25-11-10-24(33)30(34-4)29(22)25)15-19-6-5-7-20(14-19)21-12-13-36-17-21/h5-17,32-33H,1-4H3/b26-15-. The van der Waals surface area contributed by atoms with Gasteiger partial charge in [0.25, 0.3) is 0 Å². The number of thiophene rings is 1. The summed E-state index contributed by atoms with van der Waals surface area (Å²) in [5, 5.41) is 18.5. The van der Waals surface area contributed by atoms with E-state index in [0.717, 1.165) is 39.3 Å². The van der Waals surface area contributed by atoms with Gasteiger partial charge in [-0.15, -0.1) is 0 Å². The fourth-order valence-electron chi connectivity index (χ4n) is 5.34. The van der Waals surface area contributed by atoms with E-state index in [1.54, 1.807) is 30.6 Å². The Hall–Kier alpha value is -3.96. The molecule has 0 saturated heterocycles. The predicted molar refractivity (Wildman–Crippen MR) is 150 cm³/mol. The highest BCUT2D eigenvalue weighted by Crippen LogP contribution is 2.54. The van der Waals surface area contributed by atoms with Gasteiger partial charge in [-0.3, -0.25) is 0 Å². The van der Waals surface area contributed by atoms with Gasteiger partial charge in [0.1, 0.15) is 11.5 Å². The molecule has 2 aliphatic rings. The van der Waals surface area contributed by atoms with Crippen LogP contribution in [0.2, 0.25) is 0 Å². The van der Waals surface area contributed by atoms with Crippen LogP contribution < -0.4 is 14.8 Å². The molecule has 0 amide bonds. The molecule has 0 saturated carbocycles. The molecule has 3 heterocycles. The summed E-state index contributed by atoms with van der Waals surface area (Å²) < 4.78 is 12.2. The van der Waals surface area contributed by atoms with Gasteiger partial charge in [-0.2, -0.15) is 11.3 Å². The summed E-state index contributed by atoms with van der Waals surface area (Å²) in [6, 6.07) is 18.2. The van der Waals surface area contributed by atoms with E-state index in [9.17, 15) is 5.11 Å². The summed E-state index contributed by atoms with van der Waals surface area (Å²) in [7, 11) is 1.57. The third-order valence-corrected chi connectivity index (χ3v) is 7.39. The highest BCUT2D eigenvalue weighted by atomic mass is 32.1. The van der Waals surface area contributed by atoms with E-state index in [1.165, 1.54) is 16.7 Å². The van der Waals surface area contributed by atoms with E-state index in [1.807, 2.05) is 0 Å². The topological polar surface area (TPSA) is 50.7 Å². The van der Waals surface area contributed by atoms with Crippen molar-refractivity contribution in [1.29, 1.82) is 0 Å². The van der Waals surface area contributed by atoms with Crippen molar-refractivity contribution in [3.8, 4) is 39.5 Å². The van der Waals surface area contributed by atoms with Crippen molar-refractivity contribution in [3.63, 3.8) is 0 Å². The summed E-state index contributed by atoms with van der Waals surface area (Å²) in [4.78, 5) is 0. The average molecular weight is 494 g/mol. The molecule has 5 heteroatoms. The fraction of sp³-hybridized carbons (Fsp3) is 0.161. The van der Waals surface area contributed by atoms with Crippen LogP contribution in [0.15, 0.2) is 71.4 Å². The van der Waals surface area contributed by atoms with Crippen molar-refractivity contribution < 1.29 is 14.6 Å². The molecule has 180 valence electrons. The quantitative estimate of drug-likeness (QED) is 0.301. The minimum absolute atomic E-state index is 0.0888. The van der Waals surface area contributed by atoms with Gasteiger partial charge < -0.3 is 19.9 Å². The first-order valence-corrected chi connectivity index (χ1v) is 12.9. The maximum Gasteiger partial charge on any atom is 0.172 e. The van der Waals surface area contributed by atoms with E-state index in [4.69, 9.17) is 9.47 Å². The second-order valence-corrected chi connectivity index (χ2v) is 10.6. The maximum atomic E-state index is 10.6. The molecule has 4 nitrogen and oxygen atoms in total. The van der Waals surface area contributed by atoms with Crippen LogP contribution in [0.1, 0.15) is 37.5 Å². The minimum Gasteiger partial charge on any atom is -0.504 e. The lowest BCUT2D eigenvalue weighted by Gasteiger charge is -2.35. The van der Waals surface area contributed by atoms with Gasteiger partial charge >= 0.3 is 0 Å². The van der Waals surface area contributed by atoms with Crippen LogP contribution in [-0.4, -0.2) is 17.8 Å². The Morgan fingerprint density at radius 2 is 1.86 bits per heavy atom. The molecule has 2 aliphatic heterocycles. The number of nitrogens with one attached hydrogen (secondary N) is 1. The van der Waals surface area contributed by atoms with Gasteiger partial charge in [0, 0.05) is 22.4 Å². The highest BCUT2D eigenvalue weighted by Gasteiger charge is 2.33. The van der Waals surface area contributed by atoms with Crippen molar-refractivity contribution in [2.45, 2.75) is 26.3 Å². The predicted octanol–water partition coefficient (Wildman–Crippen LogP) is 8.29. The Kier molecular flexibility index (Phi) is 5.20. The largest absolute Gasteiger partial charge is 0.504 e. The Balaban J connectivity index is 1.61. The average Bonchev–Trinajstić information content (AvgIpc) is 3.38. The molecule has 1 aromatic heterocycles. The van der Waals surface area contributed by atoms with Crippen molar-refractivity contribution >= 4 is 34.4 Å². The molecule has 0 bridgehead atoms. The van der Waals surface area contributed by atoms with E-state index in [0.29, 0.717) is 11.5 Å². The number of ether oxygens (including phenoxy) is 2. The number of aromatic hydroxyl groups is 1. The first kappa shape index (κ1) is 22.5. The van der Waals surface area contributed by atoms with Crippen LogP contribution in [0.25, 0.3) is 39.7 Å². The molecule has 0 aliphatic carbocycles. The molecule has 3 aromatic carbocycles. The Labute approximate surface area is 215 Å². The van der Waals surface area contributed by atoms with Crippen LogP contribution in [-0.2, 0) is 0 Å². The van der Waals surface area contributed by atoms with E-state index in [2.05, 4.69) is 91.5 Å². The lowest BCUT2D eigenvalue weighted by molar-refractivity contribution is 0.371. The van der Waals surface area contributed by atoms with Crippen LogP contribution in [0.4, 0.5) is 5.69 Å². The number of benzene rings is 3. The molecule has 4 aromatic rings. The molecule has 0 radical (unpaired) electrons. The summed E-state index contributed by atoms with van der Waals surface area (Å²) in [6.45, 7) is 6.47. The van der Waals surface area contributed by atoms with Crippen LogP contribution >= 0.6 is 11.3 Å². The molecule has 0 fully saturated rings. The smallest absolute Gasteiger partial charge is 0.172 e. The number of fused-ring (bicyclic) bond motifs is 5. The second kappa shape index (κ2) is 8.32. The summed E-state index contributed by atoms with van der Waals surface area (Å²) in [5.41, 5.74) is 9.32. The van der Waals surface area contributed by atoms with E-state index >= 15 is 0 Å². The van der Waals surface area contributed by atoms with Gasteiger partial charge in [0.05, 0.1) is 18.2 Å². The second-order valence-electron chi connectivity index (χ2n) is 9.82. The Bertz CT molecular complexity index is 1560. The summed E-state index contributed by atoms with van der Waals surface area (Å²) in [5.74, 6) is 1.92. The molecule has 0 spiro atoms. The number of rotatable bonds is 3. The van der Waals surface area contributed by atoms with Crippen LogP contribution in [0, 0.1) is 0 Å². The zero-order valence-electron chi connectivity index (χ0n) is 20.7. The molecule has 6 rings (SSSR count). The number of allylic oxidation sites excluding steroid dienone is 1. The third-order valence-electron chi connectivity index (χ3n) is 6.71. The molecule has 36 heavy (non-hydrogen) atoms. The number of hydrogen-bond acceptors (Lipinski definition) is 5. The van der Waals surface area contributed by atoms with Gasteiger partial charge in [-0.1, -0.05) is 30.3 Å². The first-order valence-electron chi connectivity index (χ1n) is 11.9. The van der Waals surface area contributed by atoms with Crippen molar-refractivity contribution in [2.24, 2.45) is 0 Å². The number of hydrogen-bond donors (Lipinski definition) is 2. The maximum absolute atomic E-state index is 10.6. The van der Waals surface area contributed by atoms with Gasteiger partial charge in [-0.05, 0) is 90.2 Å². The molecule has 2 N–H and O–H groups in total. The lowest BCUT2D eigenvalue weighted by Crippen LogP contribution is -2.32. The first-order chi connectivity index (χ1) is 17.3. The lowest BCUT2D eigenvalue weighted by atomic mass is 9.82.